The van der Waals surface area contributed by atoms with E-state index in [4.69, 9.17) is 5.73 Å². The molecule has 1 aromatic carbocycles. The lowest BCUT2D eigenvalue weighted by Gasteiger charge is -2.35. The Morgan fingerprint density at radius 3 is 2.71 bits per heavy atom. The molecule has 0 aliphatic carbocycles. The van der Waals surface area contributed by atoms with Gasteiger partial charge in [-0.3, -0.25) is 4.79 Å². The molecule has 1 atom stereocenters. The van der Waals surface area contributed by atoms with E-state index in [1.807, 2.05) is 38.2 Å². The van der Waals surface area contributed by atoms with Crippen molar-refractivity contribution in [1.29, 1.82) is 0 Å². The molecule has 1 amide bonds. The Kier molecular flexibility index (Phi) is 3.65. The van der Waals surface area contributed by atoms with Gasteiger partial charge >= 0.3 is 0 Å². The van der Waals surface area contributed by atoms with Crippen LogP contribution in [0.5, 0.6) is 0 Å². The molecule has 1 unspecified atom stereocenters. The molecule has 0 radical (unpaired) electrons. The maximum atomic E-state index is 12.7. The average molecular weight is 302 g/mol. The molecule has 0 bridgehead atoms. The molecule has 5 nitrogen and oxygen atoms in total. The summed E-state index contributed by atoms with van der Waals surface area (Å²) in [5.74, 6) is -0.0568. The van der Waals surface area contributed by atoms with Gasteiger partial charge in [-0.15, -0.1) is 11.3 Å². The van der Waals surface area contributed by atoms with Crippen LogP contribution in [-0.2, 0) is 0 Å². The number of fused-ring (bicyclic) bond motifs is 1. The second-order valence-electron chi connectivity index (χ2n) is 5.23. The predicted molar refractivity (Wildman–Crippen MR) is 86.1 cm³/mol. The Hall–Kier alpha value is -1.92. The molecule has 1 aromatic heterocycles. The van der Waals surface area contributed by atoms with Gasteiger partial charge < -0.3 is 15.5 Å². The summed E-state index contributed by atoms with van der Waals surface area (Å²) in [6.45, 7) is 3.35. The normalized spacial score (nSPS) is 15.8. The number of thiazole rings is 1. The van der Waals surface area contributed by atoms with Crippen LogP contribution in [-0.4, -0.2) is 31.0 Å². The summed E-state index contributed by atoms with van der Waals surface area (Å²) in [5.41, 5.74) is 8.30. The van der Waals surface area contributed by atoms with E-state index >= 15 is 0 Å². The van der Waals surface area contributed by atoms with Gasteiger partial charge in [-0.05, 0) is 19.1 Å². The summed E-state index contributed by atoms with van der Waals surface area (Å²) in [7, 11) is 2.04. The van der Waals surface area contributed by atoms with E-state index < -0.39 is 0 Å². The number of para-hydroxylation sites is 2. The highest BCUT2D eigenvalue weighted by atomic mass is 32.1. The zero-order valence-corrected chi connectivity index (χ0v) is 12.9. The summed E-state index contributed by atoms with van der Waals surface area (Å²) >= 11 is 1.44. The summed E-state index contributed by atoms with van der Waals surface area (Å²) in [5, 5.41) is 2.59. The van der Waals surface area contributed by atoms with Crippen molar-refractivity contribution in [1.82, 2.24) is 4.98 Å². The van der Waals surface area contributed by atoms with Crippen LogP contribution in [0.1, 0.15) is 28.5 Å². The quantitative estimate of drug-likeness (QED) is 0.924. The Labute approximate surface area is 128 Å². The number of aromatic nitrogens is 1. The van der Waals surface area contributed by atoms with Gasteiger partial charge in [-0.1, -0.05) is 12.1 Å². The van der Waals surface area contributed by atoms with Crippen LogP contribution < -0.4 is 15.5 Å². The van der Waals surface area contributed by atoms with Crippen molar-refractivity contribution < 1.29 is 4.79 Å². The van der Waals surface area contributed by atoms with Crippen LogP contribution in [0.2, 0.25) is 0 Å². The smallest absolute Gasteiger partial charge is 0.277 e. The average Bonchev–Trinajstić information content (AvgIpc) is 2.97. The summed E-state index contributed by atoms with van der Waals surface area (Å²) in [6, 6.07) is 7.80. The number of likely N-dealkylation sites (N-methyl/N-ethyl adjacent to an activating group) is 1. The molecule has 6 heteroatoms. The zero-order chi connectivity index (χ0) is 15.0. The van der Waals surface area contributed by atoms with Gasteiger partial charge in [0.1, 0.15) is 10.7 Å². The number of nitrogens with two attached hydrogens (primary N) is 1. The fourth-order valence-electron chi connectivity index (χ4n) is 2.45. The first kappa shape index (κ1) is 14.0. The van der Waals surface area contributed by atoms with E-state index in [-0.39, 0.29) is 11.9 Å². The van der Waals surface area contributed by atoms with Crippen molar-refractivity contribution in [3.63, 3.8) is 0 Å². The first-order chi connectivity index (χ1) is 10.1. The van der Waals surface area contributed by atoms with Gasteiger partial charge in [0, 0.05) is 25.5 Å². The maximum Gasteiger partial charge on any atom is 0.277 e. The molecular weight excluding hydrogens is 284 g/mol. The summed E-state index contributed by atoms with van der Waals surface area (Å²) < 4.78 is 0. The molecule has 21 heavy (non-hydrogen) atoms. The second-order valence-corrected chi connectivity index (χ2v) is 6.12. The van der Waals surface area contributed by atoms with Crippen LogP contribution in [0.15, 0.2) is 29.6 Å². The Bertz CT molecular complexity index is 667. The molecule has 1 aliphatic heterocycles. The standard InChI is InChI=1S/C15H18N4OS/c1-10(16)14-17-11(9-21-14)15(20)19-8-7-18(2)12-5-3-4-6-13(12)19/h3-6,9-10H,7-8,16H2,1-2H3. The Morgan fingerprint density at radius 1 is 1.33 bits per heavy atom. The molecule has 0 spiro atoms. The number of amides is 1. The van der Waals surface area contributed by atoms with Crippen molar-refractivity contribution in [2.75, 3.05) is 29.9 Å². The number of hydrogen-bond donors (Lipinski definition) is 1. The number of carbonyl (C=O) groups excluding carboxylic acids is 1. The van der Waals surface area contributed by atoms with Crippen LogP contribution in [0, 0.1) is 0 Å². The molecule has 0 saturated carbocycles. The molecule has 3 rings (SSSR count). The second kappa shape index (κ2) is 5.46. The monoisotopic (exact) mass is 302 g/mol. The SMILES string of the molecule is CC(N)c1nc(C(=O)N2CCN(C)c3ccccc32)cs1. The zero-order valence-electron chi connectivity index (χ0n) is 12.1. The molecule has 2 heterocycles. The molecule has 0 fully saturated rings. The maximum absolute atomic E-state index is 12.7. The number of benzene rings is 1. The number of hydrogen-bond acceptors (Lipinski definition) is 5. The van der Waals surface area contributed by atoms with Crippen molar-refractivity contribution in [3.05, 3.63) is 40.3 Å². The lowest BCUT2D eigenvalue weighted by atomic mass is 10.1. The van der Waals surface area contributed by atoms with Crippen molar-refractivity contribution >= 4 is 28.6 Å². The largest absolute Gasteiger partial charge is 0.371 e. The summed E-state index contributed by atoms with van der Waals surface area (Å²) in [6.07, 6.45) is 0. The van der Waals surface area contributed by atoms with E-state index in [1.54, 1.807) is 10.3 Å². The highest BCUT2D eigenvalue weighted by Gasteiger charge is 2.27. The van der Waals surface area contributed by atoms with Gasteiger partial charge in [-0.25, -0.2) is 4.98 Å². The van der Waals surface area contributed by atoms with Gasteiger partial charge in [0.25, 0.3) is 5.91 Å². The van der Waals surface area contributed by atoms with Gasteiger partial charge in [0.2, 0.25) is 0 Å². The minimum atomic E-state index is -0.142. The first-order valence-corrected chi connectivity index (χ1v) is 7.79. The van der Waals surface area contributed by atoms with Gasteiger partial charge in [0.15, 0.2) is 0 Å². The van der Waals surface area contributed by atoms with E-state index in [1.165, 1.54) is 11.3 Å². The third kappa shape index (κ3) is 2.52. The number of nitrogens with zero attached hydrogens (tertiary/aromatic N) is 3. The third-order valence-electron chi connectivity index (χ3n) is 3.62. The van der Waals surface area contributed by atoms with Crippen LogP contribution in [0.4, 0.5) is 11.4 Å². The first-order valence-electron chi connectivity index (χ1n) is 6.91. The highest BCUT2D eigenvalue weighted by Crippen LogP contribution is 2.32. The number of carbonyl (C=O) groups is 1. The Morgan fingerprint density at radius 2 is 2.05 bits per heavy atom. The predicted octanol–water partition coefficient (Wildman–Crippen LogP) is 2.26. The minimum absolute atomic E-state index is 0.0568. The van der Waals surface area contributed by atoms with Crippen molar-refractivity contribution in [2.45, 2.75) is 13.0 Å². The minimum Gasteiger partial charge on any atom is -0.371 e. The van der Waals surface area contributed by atoms with Crippen molar-refractivity contribution in [2.24, 2.45) is 5.73 Å². The molecule has 2 N–H and O–H groups in total. The third-order valence-corrected chi connectivity index (χ3v) is 4.66. The lowest BCUT2D eigenvalue weighted by molar-refractivity contribution is 0.0982. The van der Waals surface area contributed by atoms with E-state index in [0.29, 0.717) is 12.2 Å². The van der Waals surface area contributed by atoms with E-state index in [9.17, 15) is 4.79 Å². The van der Waals surface area contributed by atoms with Crippen molar-refractivity contribution in [3.8, 4) is 0 Å². The fraction of sp³-hybridized carbons (Fsp3) is 0.333. The molecule has 110 valence electrons. The van der Waals surface area contributed by atoms with E-state index in [2.05, 4.69) is 9.88 Å². The molecule has 0 saturated heterocycles. The highest BCUT2D eigenvalue weighted by molar-refractivity contribution is 7.09. The van der Waals surface area contributed by atoms with E-state index in [0.717, 1.165) is 22.9 Å². The topological polar surface area (TPSA) is 62.5 Å². The Balaban J connectivity index is 1.93. The number of rotatable bonds is 2. The van der Waals surface area contributed by atoms with Crippen LogP contribution in [0.3, 0.4) is 0 Å². The van der Waals surface area contributed by atoms with Crippen LogP contribution in [0.25, 0.3) is 0 Å². The van der Waals surface area contributed by atoms with Gasteiger partial charge in [0.05, 0.1) is 17.4 Å². The fourth-order valence-corrected chi connectivity index (χ4v) is 3.20. The molecular formula is C15H18N4OS. The van der Waals surface area contributed by atoms with Crippen LogP contribution >= 0.6 is 11.3 Å². The molecule has 1 aliphatic rings. The summed E-state index contributed by atoms with van der Waals surface area (Å²) in [4.78, 5) is 21.0. The lowest BCUT2D eigenvalue weighted by Crippen LogP contribution is -2.42. The van der Waals surface area contributed by atoms with Gasteiger partial charge in [-0.2, -0.15) is 0 Å². The molecule has 2 aromatic rings. The number of anilines is 2.